The number of likely N-dealkylation sites (N-methyl/N-ethyl adjacent to an activating group) is 1. The third-order valence-corrected chi connectivity index (χ3v) is 7.20. The van der Waals surface area contributed by atoms with E-state index < -0.39 is 6.04 Å². The van der Waals surface area contributed by atoms with Gasteiger partial charge < -0.3 is 20.3 Å². The van der Waals surface area contributed by atoms with E-state index >= 15 is 0 Å². The number of benzene rings is 2. The van der Waals surface area contributed by atoms with Gasteiger partial charge in [-0.3, -0.25) is 19.7 Å². The van der Waals surface area contributed by atoms with Crippen LogP contribution in [-0.4, -0.2) is 61.7 Å². The summed E-state index contributed by atoms with van der Waals surface area (Å²) in [6, 6.07) is 11.6. The van der Waals surface area contributed by atoms with Gasteiger partial charge in [0.1, 0.15) is 6.04 Å². The SMILES string of the molecule is CNCCOCCc1ccc(NCc2ccc3c(c2)CN(C2CCC(=O)NC2=O)C3=O)cc1SC. The van der Waals surface area contributed by atoms with Crippen molar-refractivity contribution in [1.29, 1.82) is 0 Å². The van der Waals surface area contributed by atoms with Gasteiger partial charge in [-0.2, -0.15) is 0 Å². The summed E-state index contributed by atoms with van der Waals surface area (Å²) in [4.78, 5) is 39.4. The fourth-order valence-corrected chi connectivity index (χ4v) is 5.14. The first-order chi connectivity index (χ1) is 17.0. The zero-order valence-corrected chi connectivity index (χ0v) is 21.0. The molecule has 186 valence electrons. The van der Waals surface area contributed by atoms with Crippen LogP contribution < -0.4 is 16.0 Å². The summed E-state index contributed by atoms with van der Waals surface area (Å²) in [5.41, 5.74) is 4.92. The lowest BCUT2D eigenvalue weighted by Gasteiger charge is -2.29. The Morgan fingerprint density at radius 2 is 2.00 bits per heavy atom. The van der Waals surface area contributed by atoms with Crippen LogP contribution in [0.5, 0.6) is 0 Å². The third-order valence-electron chi connectivity index (χ3n) is 6.38. The Hall–Kier alpha value is -2.88. The minimum absolute atomic E-state index is 0.149. The van der Waals surface area contributed by atoms with Crippen LogP contribution in [0.4, 0.5) is 5.69 Å². The number of carbonyl (C=O) groups is 3. The highest BCUT2D eigenvalue weighted by Crippen LogP contribution is 2.29. The topological polar surface area (TPSA) is 99.8 Å². The van der Waals surface area contributed by atoms with Crippen molar-refractivity contribution in [3.8, 4) is 0 Å². The zero-order valence-electron chi connectivity index (χ0n) is 20.2. The van der Waals surface area contributed by atoms with Crippen molar-refractivity contribution in [1.82, 2.24) is 15.5 Å². The minimum atomic E-state index is -0.591. The fourth-order valence-electron chi connectivity index (χ4n) is 4.46. The number of carbonyl (C=O) groups excluding carboxylic acids is 3. The number of rotatable bonds is 11. The lowest BCUT2D eigenvalue weighted by molar-refractivity contribution is -0.136. The molecular formula is C26H32N4O4S. The largest absolute Gasteiger partial charge is 0.381 e. The Kier molecular flexibility index (Phi) is 8.43. The first-order valence-electron chi connectivity index (χ1n) is 11.9. The van der Waals surface area contributed by atoms with Crippen LogP contribution in [0.3, 0.4) is 0 Å². The molecule has 1 unspecified atom stereocenters. The molecule has 3 N–H and O–H groups in total. The van der Waals surface area contributed by atoms with Crippen LogP contribution in [-0.2, 0) is 33.8 Å². The number of fused-ring (bicyclic) bond motifs is 1. The van der Waals surface area contributed by atoms with Crippen LogP contribution in [0.2, 0.25) is 0 Å². The summed E-state index contributed by atoms with van der Waals surface area (Å²) in [5, 5.41) is 8.90. The quantitative estimate of drug-likeness (QED) is 0.250. The fraction of sp³-hybridized carbons (Fsp3) is 0.423. The maximum absolute atomic E-state index is 12.9. The lowest BCUT2D eigenvalue weighted by Crippen LogP contribution is -2.52. The Bertz CT molecular complexity index is 1110. The summed E-state index contributed by atoms with van der Waals surface area (Å²) in [6.45, 7) is 3.27. The second-order valence-corrected chi connectivity index (χ2v) is 9.59. The van der Waals surface area contributed by atoms with Gasteiger partial charge in [-0.15, -0.1) is 11.8 Å². The summed E-state index contributed by atoms with van der Waals surface area (Å²) in [6.07, 6.45) is 3.58. The molecule has 9 heteroatoms. The number of nitrogens with one attached hydrogen (secondary N) is 3. The third kappa shape index (κ3) is 6.04. The van der Waals surface area contributed by atoms with Gasteiger partial charge >= 0.3 is 0 Å². The van der Waals surface area contributed by atoms with E-state index in [1.54, 1.807) is 16.7 Å². The Morgan fingerprint density at radius 1 is 1.14 bits per heavy atom. The van der Waals surface area contributed by atoms with E-state index in [2.05, 4.69) is 40.4 Å². The highest BCUT2D eigenvalue weighted by atomic mass is 32.2. The van der Waals surface area contributed by atoms with Crippen molar-refractivity contribution in [2.45, 2.75) is 43.3 Å². The van der Waals surface area contributed by atoms with Crippen LogP contribution in [0, 0.1) is 0 Å². The standard InChI is InChI=1S/C26H32N4O4S/c1-27-10-12-34-11-9-18-4-5-20(14-23(18)35-2)28-15-17-3-6-21-19(13-17)16-30(26(21)33)22-7-8-24(31)29-25(22)32/h3-6,13-14,22,27-28H,7-12,15-16H2,1-2H3,(H,29,31,32). The molecule has 0 spiro atoms. The van der Waals surface area contributed by atoms with E-state index in [0.29, 0.717) is 38.3 Å². The minimum Gasteiger partial charge on any atom is -0.381 e. The first kappa shape index (κ1) is 25.2. The van der Waals surface area contributed by atoms with Crippen molar-refractivity contribution in [3.05, 3.63) is 58.7 Å². The summed E-state index contributed by atoms with van der Waals surface area (Å²) < 4.78 is 5.66. The molecule has 4 rings (SSSR count). The molecule has 8 nitrogen and oxygen atoms in total. The van der Waals surface area contributed by atoms with E-state index in [1.165, 1.54) is 10.5 Å². The van der Waals surface area contributed by atoms with Gasteiger partial charge in [-0.05, 0) is 61.0 Å². The predicted octanol–water partition coefficient (Wildman–Crippen LogP) is 2.56. The van der Waals surface area contributed by atoms with E-state index in [9.17, 15) is 14.4 Å². The second kappa shape index (κ2) is 11.7. The number of piperidine rings is 1. The number of ether oxygens (including phenoxy) is 1. The molecule has 3 amide bonds. The molecule has 0 radical (unpaired) electrons. The van der Waals surface area contributed by atoms with Crippen molar-refractivity contribution in [3.63, 3.8) is 0 Å². The lowest BCUT2D eigenvalue weighted by atomic mass is 10.0. The molecule has 2 aromatic carbocycles. The van der Waals surface area contributed by atoms with Gasteiger partial charge in [0.2, 0.25) is 11.8 Å². The van der Waals surface area contributed by atoms with Gasteiger partial charge in [0.15, 0.2) is 0 Å². The number of hydrogen-bond donors (Lipinski definition) is 3. The van der Waals surface area contributed by atoms with Crippen molar-refractivity contribution in [2.75, 3.05) is 38.4 Å². The average Bonchev–Trinajstić information content (AvgIpc) is 3.18. The number of amides is 3. The Morgan fingerprint density at radius 3 is 2.77 bits per heavy atom. The van der Waals surface area contributed by atoms with E-state index in [0.717, 1.165) is 29.8 Å². The van der Waals surface area contributed by atoms with Gasteiger partial charge in [-0.1, -0.05) is 18.2 Å². The molecular weight excluding hydrogens is 464 g/mol. The van der Waals surface area contributed by atoms with Crippen LogP contribution in [0.15, 0.2) is 41.3 Å². The molecule has 2 heterocycles. The Balaban J connectivity index is 1.36. The van der Waals surface area contributed by atoms with Gasteiger partial charge in [0.25, 0.3) is 5.91 Å². The average molecular weight is 497 g/mol. The molecule has 0 aromatic heterocycles. The molecule has 0 bridgehead atoms. The van der Waals surface area contributed by atoms with Crippen molar-refractivity contribution < 1.29 is 19.1 Å². The van der Waals surface area contributed by atoms with E-state index in [1.807, 2.05) is 25.2 Å². The maximum atomic E-state index is 12.9. The van der Waals surface area contributed by atoms with Crippen LogP contribution in [0.25, 0.3) is 0 Å². The molecule has 1 saturated heterocycles. The van der Waals surface area contributed by atoms with Crippen molar-refractivity contribution >= 4 is 35.2 Å². The predicted molar refractivity (Wildman–Crippen MR) is 136 cm³/mol. The monoisotopic (exact) mass is 496 g/mol. The molecule has 1 fully saturated rings. The summed E-state index contributed by atoms with van der Waals surface area (Å²) in [7, 11) is 1.92. The van der Waals surface area contributed by atoms with Gasteiger partial charge in [0.05, 0.1) is 13.2 Å². The highest BCUT2D eigenvalue weighted by Gasteiger charge is 2.39. The number of anilines is 1. The van der Waals surface area contributed by atoms with Crippen LogP contribution in [0.1, 0.15) is 39.9 Å². The summed E-state index contributed by atoms with van der Waals surface area (Å²) in [5.74, 6) is -0.815. The van der Waals surface area contributed by atoms with Gasteiger partial charge in [-0.25, -0.2) is 0 Å². The van der Waals surface area contributed by atoms with E-state index in [-0.39, 0.29) is 24.1 Å². The highest BCUT2D eigenvalue weighted by molar-refractivity contribution is 7.98. The number of nitrogens with zero attached hydrogens (tertiary/aromatic N) is 1. The molecule has 2 aliphatic rings. The number of imide groups is 1. The zero-order chi connectivity index (χ0) is 24.8. The number of thioether (sulfide) groups is 1. The van der Waals surface area contributed by atoms with Crippen molar-refractivity contribution in [2.24, 2.45) is 0 Å². The molecule has 0 aliphatic carbocycles. The van der Waals surface area contributed by atoms with E-state index in [4.69, 9.17) is 4.74 Å². The molecule has 1 atom stereocenters. The first-order valence-corrected chi connectivity index (χ1v) is 13.1. The summed E-state index contributed by atoms with van der Waals surface area (Å²) >= 11 is 1.73. The number of hydrogen-bond acceptors (Lipinski definition) is 7. The molecule has 0 saturated carbocycles. The molecule has 2 aromatic rings. The normalized spacial score (nSPS) is 17.5. The van der Waals surface area contributed by atoms with Crippen LogP contribution >= 0.6 is 11.8 Å². The Labute approximate surface area is 210 Å². The maximum Gasteiger partial charge on any atom is 0.255 e. The molecule has 2 aliphatic heterocycles. The van der Waals surface area contributed by atoms with Gasteiger partial charge in [0, 0.05) is 42.2 Å². The molecule has 35 heavy (non-hydrogen) atoms. The smallest absolute Gasteiger partial charge is 0.255 e. The second-order valence-electron chi connectivity index (χ2n) is 8.74.